The minimum absolute atomic E-state index is 0.213. The maximum Gasteiger partial charge on any atom is 0.278 e. The summed E-state index contributed by atoms with van der Waals surface area (Å²) in [4.78, 5) is 12.5. The second-order valence-corrected chi connectivity index (χ2v) is 5.58. The SMILES string of the molecule is COc1ccc(-c2nn(C(=O)c3ccc(Cl)cc3)cc2CO)cc1. The second kappa shape index (κ2) is 6.86. The van der Waals surface area contributed by atoms with Gasteiger partial charge in [-0.15, -0.1) is 0 Å². The van der Waals surface area contributed by atoms with Crippen LogP contribution < -0.4 is 4.74 Å². The summed E-state index contributed by atoms with van der Waals surface area (Å²) in [5.41, 5.74) is 2.39. The minimum atomic E-state index is -0.291. The van der Waals surface area contributed by atoms with Gasteiger partial charge >= 0.3 is 0 Å². The summed E-state index contributed by atoms with van der Waals surface area (Å²) in [7, 11) is 1.59. The van der Waals surface area contributed by atoms with Gasteiger partial charge < -0.3 is 9.84 Å². The summed E-state index contributed by atoms with van der Waals surface area (Å²) in [6, 6.07) is 13.8. The highest BCUT2D eigenvalue weighted by Crippen LogP contribution is 2.25. The number of aromatic nitrogens is 2. The van der Waals surface area contributed by atoms with Crippen molar-refractivity contribution in [1.82, 2.24) is 9.78 Å². The highest BCUT2D eigenvalue weighted by Gasteiger charge is 2.16. The number of aliphatic hydroxyl groups is 1. The van der Waals surface area contributed by atoms with Crippen molar-refractivity contribution in [2.45, 2.75) is 6.61 Å². The third-order valence-corrected chi connectivity index (χ3v) is 3.88. The van der Waals surface area contributed by atoms with Crippen LogP contribution in [0, 0.1) is 0 Å². The maximum absolute atomic E-state index is 12.5. The Morgan fingerprint density at radius 1 is 1.17 bits per heavy atom. The van der Waals surface area contributed by atoms with Gasteiger partial charge in [0.15, 0.2) is 0 Å². The number of nitrogens with zero attached hydrogens (tertiary/aromatic N) is 2. The van der Waals surface area contributed by atoms with Gasteiger partial charge in [-0.25, -0.2) is 4.68 Å². The van der Waals surface area contributed by atoms with Gasteiger partial charge in [-0.1, -0.05) is 11.6 Å². The lowest BCUT2D eigenvalue weighted by Gasteiger charge is -2.03. The molecule has 24 heavy (non-hydrogen) atoms. The smallest absolute Gasteiger partial charge is 0.278 e. The molecule has 0 unspecified atom stereocenters. The Morgan fingerprint density at radius 3 is 2.42 bits per heavy atom. The van der Waals surface area contributed by atoms with Crippen LogP contribution in [0.25, 0.3) is 11.3 Å². The zero-order chi connectivity index (χ0) is 17.1. The van der Waals surface area contributed by atoms with E-state index >= 15 is 0 Å². The molecule has 0 aliphatic carbocycles. The number of benzene rings is 2. The summed E-state index contributed by atoms with van der Waals surface area (Å²) in [6.07, 6.45) is 1.54. The third-order valence-electron chi connectivity index (χ3n) is 3.62. The van der Waals surface area contributed by atoms with Crippen molar-refractivity contribution in [3.05, 3.63) is 70.9 Å². The summed E-state index contributed by atoms with van der Waals surface area (Å²) in [6.45, 7) is -0.213. The molecule has 1 heterocycles. The van der Waals surface area contributed by atoms with E-state index in [1.54, 1.807) is 43.5 Å². The first-order chi connectivity index (χ1) is 11.6. The Labute approximate surface area is 144 Å². The molecule has 0 spiro atoms. The Balaban J connectivity index is 1.97. The Morgan fingerprint density at radius 2 is 1.83 bits per heavy atom. The van der Waals surface area contributed by atoms with Crippen molar-refractivity contribution in [2.24, 2.45) is 0 Å². The first kappa shape index (κ1) is 16.2. The largest absolute Gasteiger partial charge is 0.497 e. The standard InChI is InChI=1S/C18H15ClN2O3/c1-24-16-8-4-12(5-9-16)17-14(11-22)10-21(20-17)18(23)13-2-6-15(19)7-3-13/h2-10,22H,11H2,1H3. The zero-order valence-electron chi connectivity index (χ0n) is 12.9. The predicted molar refractivity (Wildman–Crippen MR) is 91.3 cm³/mol. The monoisotopic (exact) mass is 342 g/mol. The number of halogens is 1. The highest BCUT2D eigenvalue weighted by molar-refractivity contribution is 6.30. The van der Waals surface area contributed by atoms with Gasteiger partial charge in [0, 0.05) is 27.9 Å². The lowest BCUT2D eigenvalue weighted by molar-refractivity contribution is 0.0945. The van der Waals surface area contributed by atoms with Gasteiger partial charge in [-0.3, -0.25) is 4.79 Å². The molecule has 0 radical (unpaired) electrons. The Hall–Kier alpha value is -2.63. The number of carbonyl (C=O) groups is 1. The van der Waals surface area contributed by atoms with E-state index in [9.17, 15) is 9.90 Å². The summed E-state index contributed by atoms with van der Waals surface area (Å²) < 4.78 is 6.36. The molecule has 0 amide bonds. The molecule has 0 saturated heterocycles. The van der Waals surface area contributed by atoms with Crippen molar-refractivity contribution in [2.75, 3.05) is 7.11 Å². The van der Waals surface area contributed by atoms with Crippen LogP contribution in [0.1, 0.15) is 15.9 Å². The number of hydrogen-bond donors (Lipinski definition) is 1. The molecular weight excluding hydrogens is 328 g/mol. The molecule has 2 aromatic carbocycles. The maximum atomic E-state index is 12.5. The second-order valence-electron chi connectivity index (χ2n) is 5.15. The third kappa shape index (κ3) is 3.18. The van der Waals surface area contributed by atoms with E-state index in [4.69, 9.17) is 16.3 Å². The number of methoxy groups -OCH3 is 1. The molecule has 1 aromatic heterocycles. The van der Waals surface area contributed by atoms with Crippen LogP contribution in [0.5, 0.6) is 5.75 Å². The normalized spacial score (nSPS) is 10.6. The van der Waals surface area contributed by atoms with Crippen LogP contribution in [0.3, 0.4) is 0 Å². The van der Waals surface area contributed by atoms with E-state index in [0.29, 0.717) is 21.8 Å². The molecule has 0 saturated carbocycles. The van der Waals surface area contributed by atoms with Crippen LogP contribution in [0.2, 0.25) is 5.02 Å². The first-order valence-electron chi connectivity index (χ1n) is 7.26. The molecular formula is C18H15ClN2O3. The predicted octanol–water partition coefficient (Wildman–Crippen LogP) is 3.39. The molecule has 122 valence electrons. The van der Waals surface area contributed by atoms with Gasteiger partial charge in [-0.05, 0) is 48.5 Å². The quantitative estimate of drug-likeness (QED) is 0.789. The topological polar surface area (TPSA) is 64.4 Å². The highest BCUT2D eigenvalue weighted by atomic mass is 35.5. The molecule has 6 heteroatoms. The molecule has 1 N–H and O–H groups in total. The average Bonchev–Trinajstić information content (AvgIpc) is 3.06. The van der Waals surface area contributed by atoms with Gasteiger partial charge in [0.2, 0.25) is 0 Å². The zero-order valence-corrected chi connectivity index (χ0v) is 13.7. The minimum Gasteiger partial charge on any atom is -0.497 e. The van der Waals surface area contributed by atoms with E-state index in [0.717, 1.165) is 11.3 Å². The van der Waals surface area contributed by atoms with Crippen LogP contribution in [-0.4, -0.2) is 27.9 Å². The van der Waals surface area contributed by atoms with Crippen LogP contribution in [-0.2, 0) is 6.61 Å². The lowest BCUT2D eigenvalue weighted by atomic mass is 10.1. The van der Waals surface area contributed by atoms with E-state index in [1.165, 1.54) is 10.9 Å². The molecule has 3 rings (SSSR count). The fourth-order valence-corrected chi connectivity index (χ4v) is 2.47. The van der Waals surface area contributed by atoms with Gasteiger partial charge in [-0.2, -0.15) is 5.10 Å². The fraction of sp³-hybridized carbons (Fsp3) is 0.111. The number of carbonyl (C=O) groups excluding carboxylic acids is 1. The number of ether oxygens (including phenoxy) is 1. The van der Waals surface area contributed by atoms with E-state index in [-0.39, 0.29) is 12.5 Å². The molecule has 0 fully saturated rings. The van der Waals surface area contributed by atoms with Crippen molar-refractivity contribution >= 4 is 17.5 Å². The van der Waals surface area contributed by atoms with Crippen molar-refractivity contribution in [3.63, 3.8) is 0 Å². The number of aliphatic hydroxyl groups excluding tert-OH is 1. The summed E-state index contributed by atoms with van der Waals surface area (Å²) in [5, 5.41) is 14.5. The van der Waals surface area contributed by atoms with Crippen LogP contribution >= 0.6 is 11.6 Å². The van der Waals surface area contributed by atoms with Crippen LogP contribution in [0.15, 0.2) is 54.7 Å². The molecule has 0 bridgehead atoms. The van der Waals surface area contributed by atoms with Crippen molar-refractivity contribution in [1.29, 1.82) is 0 Å². The molecule has 5 nitrogen and oxygen atoms in total. The van der Waals surface area contributed by atoms with E-state index < -0.39 is 0 Å². The van der Waals surface area contributed by atoms with Gasteiger partial charge in [0.05, 0.1) is 19.4 Å². The fourth-order valence-electron chi connectivity index (χ4n) is 2.35. The molecule has 0 aliphatic rings. The van der Waals surface area contributed by atoms with Crippen molar-refractivity contribution in [3.8, 4) is 17.0 Å². The van der Waals surface area contributed by atoms with E-state index in [1.807, 2.05) is 12.1 Å². The summed E-state index contributed by atoms with van der Waals surface area (Å²) >= 11 is 5.84. The molecule has 3 aromatic rings. The van der Waals surface area contributed by atoms with Crippen molar-refractivity contribution < 1.29 is 14.6 Å². The number of rotatable bonds is 4. The van der Waals surface area contributed by atoms with Gasteiger partial charge in [0.1, 0.15) is 5.75 Å². The van der Waals surface area contributed by atoms with Crippen LogP contribution in [0.4, 0.5) is 0 Å². The molecule has 0 atom stereocenters. The summed E-state index contributed by atoms with van der Waals surface area (Å²) in [5.74, 6) is 0.433. The average molecular weight is 343 g/mol. The van der Waals surface area contributed by atoms with E-state index in [2.05, 4.69) is 5.10 Å². The Bertz CT molecular complexity index is 855. The Kier molecular flexibility index (Phi) is 4.64. The lowest BCUT2D eigenvalue weighted by Crippen LogP contribution is -2.12. The number of hydrogen-bond acceptors (Lipinski definition) is 4. The molecule has 0 aliphatic heterocycles. The first-order valence-corrected chi connectivity index (χ1v) is 7.64. The van der Waals surface area contributed by atoms with Gasteiger partial charge in [0.25, 0.3) is 5.91 Å².